The third kappa shape index (κ3) is 2.07. The van der Waals surface area contributed by atoms with E-state index in [1.165, 1.54) is 51.6 Å². The van der Waals surface area contributed by atoms with E-state index in [9.17, 15) is 0 Å². The molecule has 1 aliphatic heterocycles. The molecular formula is C12H23N. The van der Waals surface area contributed by atoms with Gasteiger partial charge in [0.05, 0.1) is 0 Å². The van der Waals surface area contributed by atoms with Gasteiger partial charge in [0.25, 0.3) is 0 Å². The molecule has 0 N–H and O–H groups in total. The third-order valence-electron chi connectivity index (χ3n) is 4.03. The zero-order valence-electron chi connectivity index (χ0n) is 9.18. The van der Waals surface area contributed by atoms with Gasteiger partial charge >= 0.3 is 0 Å². The van der Waals surface area contributed by atoms with E-state index in [0.29, 0.717) is 5.54 Å². The average Bonchev–Trinajstić information content (AvgIpc) is 2.63. The van der Waals surface area contributed by atoms with Crippen molar-refractivity contribution in [1.29, 1.82) is 0 Å². The van der Waals surface area contributed by atoms with E-state index >= 15 is 0 Å². The van der Waals surface area contributed by atoms with Crippen LogP contribution in [0.4, 0.5) is 0 Å². The highest BCUT2D eigenvalue weighted by Crippen LogP contribution is 2.32. The van der Waals surface area contributed by atoms with Crippen LogP contribution in [0.15, 0.2) is 0 Å². The first-order chi connectivity index (χ1) is 6.18. The monoisotopic (exact) mass is 181 g/mol. The normalized spacial score (nSPS) is 30.0. The first-order valence-electron chi connectivity index (χ1n) is 5.93. The van der Waals surface area contributed by atoms with Crippen molar-refractivity contribution in [1.82, 2.24) is 4.90 Å². The number of rotatable bonds is 2. The van der Waals surface area contributed by atoms with Crippen LogP contribution in [0, 0.1) is 5.92 Å². The Morgan fingerprint density at radius 3 is 2.38 bits per heavy atom. The molecule has 1 heterocycles. The maximum absolute atomic E-state index is 2.73. The first-order valence-corrected chi connectivity index (χ1v) is 5.93. The van der Waals surface area contributed by atoms with Gasteiger partial charge in [-0.3, -0.25) is 4.90 Å². The van der Waals surface area contributed by atoms with E-state index < -0.39 is 0 Å². The summed E-state index contributed by atoms with van der Waals surface area (Å²) in [7, 11) is 0. The molecule has 0 amide bonds. The topological polar surface area (TPSA) is 3.24 Å². The summed E-state index contributed by atoms with van der Waals surface area (Å²) in [6.07, 6.45) is 8.77. The van der Waals surface area contributed by atoms with Crippen molar-refractivity contribution in [3.63, 3.8) is 0 Å². The number of likely N-dealkylation sites (tertiary alicyclic amines) is 1. The first kappa shape index (κ1) is 9.51. The maximum atomic E-state index is 2.73. The molecule has 1 nitrogen and oxygen atoms in total. The number of nitrogens with zero attached hydrogens (tertiary/aromatic N) is 1. The number of hydrogen-bond acceptors (Lipinski definition) is 1. The molecule has 1 heteroatoms. The minimum atomic E-state index is 0.503. The Labute approximate surface area is 82.5 Å². The summed E-state index contributed by atoms with van der Waals surface area (Å²) in [5, 5.41) is 0. The second-order valence-electron chi connectivity index (χ2n) is 5.51. The van der Waals surface area contributed by atoms with E-state index in [0.717, 1.165) is 5.92 Å². The van der Waals surface area contributed by atoms with Gasteiger partial charge in [-0.15, -0.1) is 0 Å². The molecule has 0 unspecified atom stereocenters. The molecule has 0 radical (unpaired) electrons. The smallest absolute Gasteiger partial charge is 0.0153 e. The Balaban J connectivity index is 1.86. The lowest BCUT2D eigenvalue weighted by Crippen LogP contribution is -2.40. The predicted molar refractivity (Wildman–Crippen MR) is 56.8 cm³/mol. The summed E-state index contributed by atoms with van der Waals surface area (Å²) >= 11 is 0. The maximum Gasteiger partial charge on any atom is 0.0153 e. The van der Waals surface area contributed by atoms with Crippen LogP contribution in [0.5, 0.6) is 0 Å². The van der Waals surface area contributed by atoms with Gasteiger partial charge in [-0.2, -0.15) is 0 Å². The third-order valence-corrected chi connectivity index (χ3v) is 4.03. The SMILES string of the molecule is CC1(C)CCCN1CC1CCCC1. The summed E-state index contributed by atoms with van der Waals surface area (Å²) in [5.74, 6) is 1.03. The molecule has 0 bridgehead atoms. The zero-order valence-corrected chi connectivity index (χ0v) is 9.18. The van der Waals surface area contributed by atoms with Crippen molar-refractivity contribution in [2.75, 3.05) is 13.1 Å². The Morgan fingerprint density at radius 2 is 1.85 bits per heavy atom. The van der Waals surface area contributed by atoms with Crippen molar-refractivity contribution in [2.45, 2.75) is 57.9 Å². The van der Waals surface area contributed by atoms with Crippen molar-refractivity contribution >= 4 is 0 Å². The molecule has 2 rings (SSSR count). The van der Waals surface area contributed by atoms with Gasteiger partial charge in [0.1, 0.15) is 0 Å². The zero-order chi connectivity index (χ0) is 9.31. The molecule has 0 aromatic carbocycles. The summed E-state index contributed by atoms with van der Waals surface area (Å²) in [6, 6.07) is 0. The largest absolute Gasteiger partial charge is 0.298 e. The lowest BCUT2D eigenvalue weighted by Gasteiger charge is -2.33. The lowest BCUT2D eigenvalue weighted by molar-refractivity contribution is 0.149. The summed E-state index contributed by atoms with van der Waals surface area (Å²) < 4.78 is 0. The summed E-state index contributed by atoms with van der Waals surface area (Å²) in [4.78, 5) is 2.73. The molecule has 1 aliphatic carbocycles. The van der Waals surface area contributed by atoms with E-state index in [4.69, 9.17) is 0 Å². The second-order valence-corrected chi connectivity index (χ2v) is 5.51. The van der Waals surface area contributed by atoms with E-state index in [-0.39, 0.29) is 0 Å². The molecule has 2 aliphatic rings. The van der Waals surface area contributed by atoms with Gasteiger partial charge in [-0.1, -0.05) is 12.8 Å². The van der Waals surface area contributed by atoms with Crippen molar-refractivity contribution in [3.05, 3.63) is 0 Å². The number of hydrogen-bond donors (Lipinski definition) is 0. The average molecular weight is 181 g/mol. The molecular weight excluding hydrogens is 158 g/mol. The summed E-state index contributed by atoms with van der Waals surface area (Å²) in [5.41, 5.74) is 0.503. The molecule has 0 aromatic rings. The molecule has 1 saturated carbocycles. The van der Waals surface area contributed by atoms with Crippen LogP contribution in [0.2, 0.25) is 0 Å². The fourth-order valence-electron chi connectivity index (χ4n) is 3.01. The van der Waals surface area contributed by atoms with Gasteiger partial charge in [0, 0.05) is 12.1 Å². The molecule has 13 heavy (non-hydrogen) atoms. The van der Waals surface area contributed by atoms with Crippen LogP contribution >= 0.6 is 0 Å². The van der Waals surface area contributed by atoms with Crippen molar-refractivity contribution in [2.24, 2.45) is 5.92 Å². The van der Waals surface area contributed by atoms with Crippen LogP contribution in [-0.4, -0.2) is 23.5 Å². The molecule has 0 aromatic heterocycles. The van der Waals surface area contributed by atoms with Gasteiger partial charge in [0.2, 0.25) is 0 Å². The second kappa shape index (κ2) is 3.61. The fraction of sp³-hybridized carbons (Fsp3) is 1.00. The van der Waals surface area contributed by atoms with Gasteiger partial charge in [0.15, 0.2) is 0 Å². The fourth-order valence-corrected chi connectivity index (χ4v) is 3.01. The van der Waals surface area contributed by atoms with Crippen LogP contribution in [0.3, 0.4) is 0 Å². The van der Waals surface area contributed by atoms with Crippen LogP contribution in [0.25, 0.3) is 0 Å². The highest BCUT2D eigenvalue weighted by Gasteiger charge is 2.33. The van der Waals surface area contributed by atoms with Gasteiger partial charge < -0.3 is 0 Å². The predicted octanol–water partition coefficient (Wildman–Crippen LogP) is 3.05. The molecule has 2 fully saturated rings. The van der Waals surface area contributed by atoms with Gasteiger partial charge in [-0.25, -0.2) is 0 Å². The summed E-state index contributed by atoms with van der Waals surface area (Å²) in [6.45, 7) is 7.56. The van der Waals surface area contributed by atoms with E-state index in [2.05, 4.69) is 18.7 Å². The minimum absolute atomic E-state index is 0.503. The Hall–Kier alpha value is -0.0400. The highest BCUT2D eigenvalue weighted by molar-refractivity contribution is 4.89. The molecule has 0 spiro atoms. The Kier molecular flexibility index (Phi) is 2.64. The Bertz CT molecular complexity index is 168. The van der Waals surface area contributed by atoms with Crippen LogP contribution in [-0.2, 0) is 0 Å². The minimum Gasteiger partial charge on any atom is -0.298 e. The highest BCUT2D eigenvalue weighted by atomic mass is 15.2. The van der Waals surface area contributed by atoms with Crippen LogP contribution in [0.1, 0.15) is 52.4 Å². The standard InChI is InChI=1S/C12H23N/c1-12(2)8-5-9-13(12)10-11-6-3-4-7-11/h11H,3-10H2,1-2H3. The molecule has 1 saturated heterocycles. The van der Waals surface area contributed by atoms with E-state index in [1.54, 1.807) is 0 Å². The molecule has 0 atom stereocenters. The quantitative estimate of drug-likeness (QED) is 0.633. The lowest BCUT2D eigenvalue weighted by atomic mass is 10.00. The van der Waals surface area contributed by atoms with Gasteiger partial charge in [-0.05, 0) is 52.0 Å². The van der Waals surface area contributed by atoms with Crippen molar-refractivity contribution < 1.29 is 0 Å². The van der Waals surface area contributed by atoms with Crippen LogP contribution < -0.4 is 0 Å². The molecule has 76 valence electrons. The van der Waals surface area contributed by atoms with Crippen molar-refractivity contribution in [3.8, 4) is 0 Å². The van der Waals surface area contributed by atoms with E-state index in [1.807, 2.05) is 0 Å². The Morgan fingerprint density at radius 1 is 1.15 bits per heavy atom.